The van der Waals surface area contributed by atoms with Gasteiger partial charge in [-0.05, 0) is 36.6 Å². The molecular formula is C24H26FN5O. The molecule has 6 nitrogen and oxygen atoms in total. The summed E-state index contributed by atoms with van der Waals surface area (Å²) in [6, 6.07) is 12.3. The summed E-state index contributed by atoms with van der Waals surface area (Å²) in [5.74, 6) is 1.17. The van der Waals surface area contributed by atoms with Gasteiger partial charge in [-0.2, -0.15) is 0 Å². The first kappa shape index (κ1) is 20.9. The predicted molar refractivity (Wildman–Crippen MR) is 118 cm³/mol. The van der Waals surface area contributed by atoms with Crippen molar-refractivity contribution in [1.29, 1.82) is 0 Å². The summed E-state index contributed by atoms with van der Waals surface area (Å²) in [4.78, 5) is 30.3. The third-order valence-electron chi connectivity index (χ3n) is 5.60. The van der Waals surface area contributed by atoms with Gasteiger partial charge in [-0.3, -0.25) is 9.78 Å². The zero-order chi connectivity index (χ0) is 21.8. The number of rotatable bonds is 5. The molecule has 0 N–H and O–H groups in total. The molecule has 1 aliphatic rings. The van der Waals surface area contributed by atoms with Gasteiger partial charge in [-0.15, -0.1) is 0 Å². The molecule has 1 aliphatic heterocycles. The van der Waals surface area contributed by atoms with Gasteiger partial charge in [0.2, 0.25) is 5.91 Å². The maximum Gasteiger partial charge on any atom is 0.227 e. The zero-order valence-corrected chi connectivity index (χ0v) is 17.8. The third kappa shape index (κ3) is 4.87. The van der Waals surface area contributed by atoms with Crippen molar-refractivity contribution in [3.8, 4) is 11.4 Å². The minimum atomic E-state index is -0.336. The molecule has 4 rings (SSSR count). The Labute approximate surface area is 181 Å². The van der Waals surface area contributed by atoms with Crippen molar-refractivity contribution < 1.29 is 9.18 Å². The summed E-state index contributed by atoms with van der Waals surface area (Å²) in [5, 5.41) is 0. The predicted octanol–water partition coefficient (Wildman–Crippen LogP) is 3.69. The minimum absolute atomic E-state index is 0.0517. The molecule has 2 aromatic heterocycles. The Kier molecular flexibility index (Phi) is 6.21. The first-order chi connectivity index (χ1) is 15.0. The molecule has 0 unspecified atom stereocenters. The number of likely N-dealkylation sites (tertiary alicyclic amines) is 1. The molecule has 0 aliphatic carbocycles. The average Bonchev–Trinajstić information content (AvgIpc) is 2.81. The number of halogens is 1. The number of aromatic nitrogens is 3. The van der Waals surface area contributed by atoms with E-state index in [1.807, 2.05) is 42.1 Å². The summed E-state index contributed by atoms with van der Waals surface area (Å²) in [7, 11) is 3.90. The largest absolute Gasteiger partial charge is 0.363 e. The van der Waals surface area contributed by atoms with Gasteiger partial charge in [0.05, 0.1) is 12.1 Å². The van der Waals surface area contributed by atoms with E-state index in [0.717, 1.165) is 29.9 Å². The lowest BCUT2D eigenvalue weighted by atomic mass is 9.93. The molecule has 0 spiro atoms. The van der Waals surface area contributed by atoms with Crippen molar-refractivity contribution in [2.75, 3.05) is 32.1 Å². The third-order valence-corrected chi connectivity index (χ3v) is 5.60. The highest BCUT2D eigenvalue weighted by Gasteiger charge is 2.27. The Bertz CT molecular complexity index is 1060. The number of nitrogens with zero attached hydrogens (tertiary/aromatic N) is 5. The van der Waals surface area contributed by atoms with Crippen LogP contribution >= 0.6 is 0 Å². The van der Waals surface area contributed by atoms with Crippen molar-refractivity contribution >= 4 is 11.7 Å². The topological polar surface area (TPSA) is 62.2 Å². The van der Waals surface area contributed by atoms with Crippen LogP contribution in [0.25, 0.3) is 11.4 Å². The molecule has 1 amide bonds. The fourth-order valence-electron chi connectivity index (χ4n) is 3.88. The summed E-state index contributed by atoms with van der Waals surface area (Å²) in [5.41, 5.74) is 2.21. The van der Waals surface area contributed by atoms with E-state index in [1.165, 1.54) is 6.07 Å². The van der Waals surface area contributed by atoms with Gasteiger partial charge in [0.15, 0.2) is 5.82 Å². The van der Waals surface area contributed by atoms with Crippen molar-refractivity contribution in [3.05, 3.63) is 71.9 Å². The van der Waals surface area contributed by atoms with E-state index < -0.39 is 0 Å². The van der Waals surface area contributed by atoms with Crippen LogP contribution < -0.4 is 4.90 Å². The fourth-order valence-corrected chi connectivity index (χ4v) is 3.88. The maximum absolute atomic E-state index is 14.0. The van der Waals surface area contributed by atoms with Gasteiger partial charge in [-0.1, -0.05) is 18.2 Å². The van der Waals surface area contributed by atoms with E-state index in [2.05, 4.69) is 9.97 Å². The summed E-state index contributed by atoms with van der Waals surface area (Å²) < 4.78 is 14.0. The zero-order valence-electron chi connectivity index (χ0n) is 17.8. The van der Waals surface area contributed by atoms with Crippen LogP contribution in [0.2, 0.25) is 0 Å². The van der Waals surface area contributed by atoms with Crippen LogP contribution in [0, 0.1) is 5.82 Å². The molecule has 1 atom stereocenters. The molecule has 7 heteroatoms. The number of hydrogen-bond acceptors (Lipinski definition) is 5. The van der Waals surface area contributed by atoms with Crippen LogP contribution in [-0.4, -0.2) is 52.9 Å². The van der Waals surface area contributed by atoms with E-state index in [-0.39, 0.29) is 24.1 Å². The van der Waals surface area contributed by atoms with Crippen LogP contribution in [-0.2, 0) is 11.2 Å². The average molecular weight is 420 g/mol. The normalized spacial score (nSPS) is 16.2. The maximum atomic E-state index is 14.0. The highest BCUT2D eigenvalue weighted by Crippen LogP contribution is 2.29. The lowest BCUT2D eigenvalue weighted by molar-refractivity contribution is -0.131. The van der Waals surface area contributed by atoms with Gasteiger partial charge < -0.3 is 9.80 Å². The summed E-state index contributed by atoms with van der Waals surface area (Å²) in [6.45, 7) is 1.26. The quantitative estimate of drug-likeness (QED) is 0.631. The van der Waals surface area contributed by atoms with Crippen LogP contribution in [0.5, 0.6) is 0 Å². The minimum Gasteiger partial charge on any atom is -0.363 e. The van der Waals surface area contributed by atoms with Gasteiger partial charge in [0.25, 0.3) is 0 Å². The van der Waals surface area contributed by atoms with E-state index in [1.54, 1.807) is 30.6 Å². The Balaban J connectivity index is 1.57. The smallest absolute Gasteiger partial charge is 0.227 e. The molecular weight excluding hydrogens is 393 g/mol. The van der Waals surface area contributed by atoms with Gasteiger partial charge in [-0.25, -0.2) is 14.4 Å². The summed E-state index contributed by atoms with van der Waals surface area (Å²) in [6.07, 6.45) is 5.38. The lowest BCUT2D eigenvalue weighted by Gasteiger charge is -2.33. The number of piperidine rings is 1. The van der Waals surface area contributed by atoms with E-state index in [9.17, 15) is 9.18 Å². The van der Waals surface area contributed by atoms with E-state index in [4.69, 9.17) is 4.98 Å². The first-order valence-electron chi connectivity index (χ1n) is 10.5. The molecule has 1 saturated heterocycles. The van der Waals surface area contributed by atoms with Crippen LogP contribution in [0.4, 0.5) is 10.2 Å². The number of anilines is 1. The second-order valence-corrected chi connectivity index (χ2v) is 8.06. The molecule has 1 aromatic carbocycles. The van der Waals surface area contributed by atoms with Crippen molar-refractivity contribution in [3.63, 3.8) is 0 Å². The number of pyridine rings is 1. The highest BCUT2D eigenvalue weighted by molar-refractivity contribution is 5.79. The van der Waals surface area contributed by atoms with Gasteiger partial charge in [0.1, 0.15) is 11.6 Å². The second-order valence-electron chi connectivity index (χ2n) is 8.06. The number of carbonyl (C=O) groups excluding carboxylic acids is 1. The Morgan fingerprint density at radius 3 is 2.77 bits per heavy atom. The van der Waals surface area contributed by atoms with Crippen LogP contribution in [0.15, 0.2) is 54.9 Å². The number of benzene rings is 1. The number of amides is 1. The Morgan fingerprint density at radius 2 is 2.03 bits per heavy atom. The van der Waals surface area contributed by atoms with Crippen LogP contribution in [0.3, 0.4) is 0 Å². The Hall–Kier alpha value is -3.35. The standard InChI is InChI=1S/C24H26FN5O/c1-29(2)22-14-21(27-24(28-22)18-8-5-11-26-15-18)19-9-6-12-30(16-19)23(31)13-17-7-3-4-10-20(17)25/h3-5,7-8,10-11,14-15,19H,6,9,12-13,16H2,1-2H3/t19-/m1/s1. The molecule has 160 valence electrons. The molecule has 0 saturated carbocycles. The molecule has 0 radical (unpaired) electrons. The fraction of sp³-hybridized carbons (Fsp3) is 0.333. The monoisotopic (exact) mass is 419 g/mol. The molecule has 1 fully saturated rings. The molecule has 31 heavy (non-hydrogen) atoms. The van der Waals surface area contributed by atoms with E-state index in [0.29, 0.717) is 24.5 Å². The van der Waals surface area contributed by atoms with Crippen LogP contribution in [0.1, 0.15) is 30.0 Å². The van der Waals surface area contributed by atoms with Crippen molar-refractivity contribution in [2.24, 2.45) is 0 Å². The van der Waals surface area contributed by atoms with E-state index >= 15 is 0 Å². The second kappa shape index (κ2) is 9.20. The highest BCUT2D eigenvalue weighted by atomic mass is 19.1. The molecule has 3 heterocycles. The molecule has 3 aromatic rings. The number of hydrogen-bond donors (Lipinski definition) is 0. The summed E-state index contributed by atoms with van der Waals surface area (Å²) >= 11 is 0. The lowest BCUT2D eigenvalue weighted by Crippen LogP contribution is -2.40. The molecule has 0 bridgehead atoms. The first-order valence-corrected chi connectivity index (χ1v) is 10.5. The Morgan fingerprint density at radius 1 is 1.19 bits per heavy atom. The van der Waals surface area contributed by atoms with Crippen molar-refractivity contribution in [2.45, 2.75) is 25.2 Å². The van der Waals surface area contributed by atoms with Crippen molar-refractivity contribution in [1.82, 2.24) is 19.9 Å². The van der Waals surface area contributed by atoms with Gasteiger partial charge in [0, 0.05) is 57.1 Å². The van der Waals surface area contributed by atoms with Gasteiger partial charge >= 0.3 is 0 Å². The SMILES string of the molecule is CN(C)c1cc([C@@H]2CCCN(C(=O)Cc3ccccc3F)C2)nc(-c2cccnc2)n1. The number of carbonyl (C=O) groups is 1.